The normalized spacial score (nSPS) is 11.5. The van der Waals surface area contributed by atoms with Gasteiger partial charge in [-0.3, -0.25) is 0 Å². The number of unbranched alkanes of at least 4 members (excludes halogenated alkanes) is 3. The molecule has 0 spiro atoms. The first-order valence-corrected chi connectivity index (χ1v) is 4.75. The van der Waals surface area contributed by atoms with Crippen molar-refractivity contribution in [2.24, 2.45) is 0 Å². The van der Waals surface area contributed by atoms with E-state index >= 15 is 0 Å². The Kier molecular flexibility index (Phi) is 6.60. The number of hydrogen-bond acceptors (Lipinski definition) is 0. The van der Waals surface area contributed by atoms with Crippen molar-refractivity contribution in [2.45, 2.75) is 38.3 Å². The fourth-order valence-corrected chi connectivity index (χ4v) is 1.08. The standard InChI is InChI=1S/C8H11Cl2F3/c9-7(10)5-3-1-2-4-6-8(11,12)13/h5H,1-4,6H2. The third kappa shape index (κ3) is 12.1. The summed E-state index contributed by atoms with van der Waals surface area (Å²) in [7, 11) is 0. The quantitative estimate of drug-likeness (QED) is 0.599. The molecular formula is C8H11Cl2F3. The molecule has 5 heteroatoms. The molecule has 0 aromatic carbocycles. The number of rotatable bonds is 5. The van der Waals surface area contributed by atoms with Gasteiger partial charge in [0.15, 0.2) is 0 Å². The summed E-state index contributed by atoms with van der Waals surface area (Å²) in [6.07, 6.45) is -1.07. The first-order chi connectivity index (χ1) is 5.92. The third-order valence-corrected chi connectivity index (χ3v) is 1.77. The fourth-order valence-electron chi connectivity index (χ4n) is 0.858. The third-order valence-electron chi connectivity index (χ3n) is 1.46. The summed E-state index contributed by atoms with van der Waals surface area (Å²) in [5.41, 5.74) is 0. The lowest BCUT2D eigenvalue weighted by Gasteiger charge is -2.04. The fraction of sp³-hybridized carbons (Fsp3) is 0.750. The van der Waals surface area contributed by atoms with Crippen LogP contribution in [-0.2, 0) is 0 Å². The predicted octanol–water partition coefficient (Wildman–Crippen LogP) is 4.82. The molecule has 0 N–H and O–H groups in total. The molecule has 0 aliphatic carbocycles. The van der Waals surface area contributed by atoms with E-state index in [9.17, 15) is 13.2 Å². The van der Waals surface area contributed by atoms with E-state index in [0.29, 0.717) is 19.3 Å². The number of halogens is 5. The summed E-state index contributed by atoms with van der Waals surface area (Å²) in [5, 5.41) is 0. The Labute approximate surface area is 85.7 Å². The maximum absolute atomic E-state index is 11.6. The average molecular weight is 235 g/mol. The first kappa shape index (κ1) is 13.1. The van der Waals surface area contributed by atoms with Gasteiger partial charge in [-0.05, 0) is 19.3 Å². The van der Waals surface area contributed by atoms with Crippen molar-refractivity contribution in [1.82, 2.24) is 0 Å². The molecule has 0 nitrogen and oxygen atoms in total. The van der Waals surface area contributed by atoms with Gasteiger partial charge >= 0.3 is 6.18 Å². The van der Waals surface area contributed by atoms with Gasteiger partial charge in [-0.15, -0.1) is 0 Å². The first-order valence-electron chi connectivity index (χ1n) is 4.00. The maximum Gasteiger partial charge on any atom is 0.389 e. The second kappa shape index (κ2) is 6.55. The van der Waals surface area contributed by atoms with Crippen LogP contribution in [0, 0.1) is 0 Å². The van der Waals surface area contributed by atoms with Crippen LogP contribution < -0.4 is 0 Å². The molecule has 0 amide bonds. The zero-order valence-corrected chi connectivity index (χ0v) is 8.51. The molecule has 0 aliphatic heterocycles. The highest BCUT2D eigenvalue weighted by atomic mass is 35.5. The van der Waals surface area contributed by atoms with Crippen molar-refractivity contribution >= 4 is 23.2 Å². The Morgan fingerprint density at radius 1 is 1.08 bits per heavy atom. The van der Waals surface area contributed by atoms with Crippen LogP contribution in [0.15, 0.2) is 10.6 Å². The molecule has 0 aromatic rings. The second-order valence-electron chi connectivity index (χ2n) is 2.71. The van der Waals surface area contributed by atoms with E-state index in [4.69, 9.17) is 23.2 Å². The monoisotopic (exact) mass is 234 g/mol. The average Bonchev–Trinajstić information content (AvgIpc) is 1.93. The van der Waals surface area contributed by atoms with E-state index in [2.05, 4.69) is 0 Å². The van der Waals surface area contributed by atoms with Gasteiger partial charge in [0.05, 0.1) is 0 Å². The Morgan fingerprint density at radius 2 is 1.69 bits per heavy atom. The van der Waals surface area contributed by atoms with Crippen molar-refractivity contribution in [2.75, 3.05) is 0 Å². The van der Waals surface area contributed by atoms with Crippen molar-refractivity contribution in [1.29, 1.82) is 0 Å². The van der Waals surface area contributed by atoms with Gasteiger partial charge in [0.2, 0.25) is 0 Å². The van der Waals surface area contributed by atoms with Crippen LogP contribution in [0.5, 0.6) is 0 Å². The topological polar surface area (TPSA) is 0 Å². The van der Waals surface area contributed by atoms with Gasteiger partial charge in [-0.25, -0.2) is 0 Å². The summed E-state index contributed by atoms with van der Waals surface area (Å²) in [6, 6.07) is 0. The molecule has 0 heterocycles. The van der Waals surface area contributed by atoms with Gasteiger partial charge in [-0.2, -0.15) is 13.2 Å². The summed E-state index contributed by atoms with van der Waals surface area (Å²) in [6.45, 7) is 0. The van der Waals surface area contributed by atoms with Gasteiger partial charge in [0.25, 0.3) is 0 Å². The van der Waals surface area contributed by atoms with Crippen LogP contribution in [0.2, 0.25) is 0 Å². The number of allylic oxidation sites excluding steroid dienone is 1. The maximum atomic E-state index is 11.6. The highest BCUT2D eigenvalue weighted by Gasteiger charge is 2.25. The Bertz CT molecular complexity index is 159. The molecule has 0 radical (unpaired) electrons. The van der Waals surface area contributed by atoms with Crippen molar-refractivity contribution in [3.05, 3.63) is 10.6 Å². The Hall–Kier alpha value is 0.110. The molecule has 0 rings (SSSR count). The summed E-state index contributed by atoms with van der Waals surface area (Å²) < 4.78 is 35.1. The molecule has 13 heavy (non-hydrogen) atoms. The van der Waals surface area contributed by atoms with E-state index in [1.807, 2.05) is 0 Å². The lowest BCUT2D eigenvalue weighted by atomic mass is 10.1. The lowest BCUT2D eigenvalue weighted by Crippen LogP contribution is -2.06. The van der Waals surface area contributed by atoms with E-state index in [1.165, 1.54) is 0 Å². The van der Waals surface area contributed by atoms with Crippen molar-refractivity contribution < 1.29 is 13.2 Å². The van der Waals surface area contributed by atoms with Gasteiger partial charge < -0.3 is 0 Å². The van der Waals surface area contributed by atoms with Crippen LogP contribution in [0.3, 0.4) is 0 Å². The van der Waals surface area contributed by atoms with Crippen LogP contribution in [0.1, 0.15) is 32.1 Å². The molecule has 0 fully saturated rings. The zero-order valence-electron chi connectivity index (χ0n) is 7.00. The molecular weight excluding hydrogens is 224 g/mol. The van der Waals surface area contributed by atoms with Gasteiger partial charge in [-0.1, -0.05) is 35.7 Å². The summed E-state index contributed by atoms with van der Waals surface area (Å²) >= 11 is 10.6. The van der Waals surface area contributed by atoms with E-state index in [0.717, 1.165) is 0 Å². The smallest absolute Gasteiger partial charge is 0.171 e. The highest BCUT2D eigenvalue weighted by Crippen LogP contribution is 2.23. The molecule has 0 bridgehead atoms. The molecule has 0 unspecified atom stereocenters. The van der Waals surface area contributed by atoms with Gasteiger partial charge in [0, 0.05) is 6.42 Å². The van der Waals surface area contributed by atoms with Crippen LogP contribution in [0.25, 0.3) is 0 Å². The highest BCUT2D eigenvalue weighted by molar-refractivity contribution is 6.55. The molecule has 0 saturated heterocycles. The predicted molar refractivity (Wildman–Crippen MR) is 48.9 cm³/mol. The number of alkyl halides is 3. The molecule has 78 valence electrons. The van der Waals surface area contributed by atoms with Crippen LogP contribution >= 0.6 is 23.2 Å². The second-order valence-corrected chi connectivity index (χ2v) is 3.72. The molecule has 0 aliphatic rings. The Morgan fingerprint density at radius 3 is 2.15 bits per heavy atom. The summed E-state index contributed by atoms with van der Waals surface area (Å²) in [5.74, 6) is 0. The van der Waals surface area contributed by atoms with Crippen LogP contribution in [0.4, 0.5) is 13.2 Å². The molecule has 0 saturated carbocycles. The largest absolute Gasteiger partial charge is 0.389 e. The van der Waals surface area contributed by atoms with E-state index < -0.39 is 12.6 Å². The van der Waals surface area contributed by atoms with E-state index in [1.54, 1.807) is 6.08 Å². The lowest BCUT2D eigenvalue weighted by molar-refractivity contribution is -0.135. The van der Waals surface area contributed by atoms with E-state index in [-0.39, 0.29) is 10.9 Å². The van der Waals surface area contributed by atoms with Gasteiger partial charge in [0.1, 0.15) is 4.49 Å². The molecule has 0 atom stereocenters. The SMILES string of the molecule is FC(F)(F)CCCCCC=C(Cl)Cl. The minimum atomic E-state index is -4.03. The van der Waals surface area contributed by atoms with Crippen LogP contribution in [-0.4, -0.2) is 6.18 Å². The van der Waals surface area contributed by atoms with Crippen molar-refractivity contribution in [3.8, 4) is 0 Å². The minimum Gasteiger partial charge on any atom is -0.171 e. The van der Waals surface area contributed by atoms with Crippen molar-refractivity contribution in [3.63, 3.8) is 0 Å². The number of hydrogen-bond donors (Lipinski definition) is 0. The molecule has 0 aromatic heterocycles. The minimum absolute atomic E-state index is 0.177. The summed E-state index contributed by atoms with van der Waals surface area (Å²) in [4.78, 5) is 0. The Balaban J connectivity index is 3.23. The zero-order chi connectivity index (χ0) is 10.3.